The molecule has 7 heteroatoms. The zero-order valence-corrected chi connectivity index (χ0v) is 20.1. The highest BCUT2D eigenvalue weighted by Crippen LogP contribution is 2.31. The van der Waals surface area contributed by atoms with E-state index >= 15 is 0 Å². The van der Waals surface area contributed by atoms with Crippen LogP contribution in [0.3, 0.4) is 0 Å². The molecule has 0 bridgehead atoms. The van der Waals surface area contributed by atoms with Gasteiger partial charge in [0.05, 0.1) is 7.11 Å². The van der Waals surface area contributed by atoms with Crippen molar-refractivity contribution in [1.29, 1.82) is 0 Å². The Labute approximate surface area is 194 Å². The zero-order valence-electron chi connectivity index (χ0n) is 19.3. The van der Waals surface area contributed by atoms with Gasteiger partial charge in [-0.05, 0) is 39.8 Å². The van der Waals surface area contributed by atoms with Gasteiger partial charge in [0, 0.05) is 41.3 Å². The molecular weight excluding hydrogens is 422 g/mol. The molecular formula is C25H31N3O3S. The summed E-state index contributed by atoms with van der Waals surface area (Å²) in [7, 11) is 1.61. The summed E-state index contributed by atoms with van der Waals surface area (Å²) in [5, 5.41) is 5.49. The first-order chi connectivity index (χ1) is 15.4. The number of hydrogen-bond donors (Lipinski definition) is 1. The fraction of sp³-hybridized carbons (Fsp3) is 0.360. The molecule has 0 atom stereocenters. The van der Waals surface area contributed by atoms with Gasteiger partial charge in [-0.15, -0.1) is 11.3 Å². The maximum atomic E-state index is 12.7. The lowest BCUT2D eigenvalue weighted by Gasteiger charge is -2.30. The van der Waals surface area contributed by atoms with E-state index in [1.54, 1.807) is 30.7 Å². The van der Waals surface area contributed by atoms with Crippen LogP contribution in [-0.4, -0.2) is 48.1 Å². The molecule has 6 nitrogen and oxygen atoms in total. The van der Waals surface area contributed by atoms with Gasteiger partial charge in [0.15, 0.2) is 11.5 Å². The maximum absolute atomic E-state index is 12.7. The summed E-state index contributed by atoms with van der Waals surface area (Å²) in [6, 6.07) is 16.1. The van der Waals surface area contributed by atoms with Gasteiger partial charge >= 0.3 is 0 Å². The summed E-state index contributed by atoms with van der Waals surface area (Å²) in [5.41, 5.74) is 2.01. The molecule has 0 fully saturated rings. The third-order valence-corrected chi connectivity index (χ3v) is 6.00. The fourth-order valence-corrected chi connectivity index (χ4v) is 4.33. The van der Waals surface area contributed by atoms with Crippen LogP contribution in [0.15, 0.2) is 53.9 Å². The molecule has 3 aromatic rings. The molecule has 0 spiro atoms. The average Bonchev–Trinajstić information content (AvgIpc) is 3.27. The highest BCUT2D eigenvalue weighted by molar-refractivity contribution is 7.13. The lowest BCUT2D eigenvalue weighted by Crippen LogP contribution is -2.39. The quantitative estimate of drug-likeness (QED) is 0.435. The van der Waals surface area contributed by atoms with Crippen LogP contribution in [-0.2, 0) is 0 Å². The molecule has 0 aliphatic heterocycles. The number of carbonyl (C=O) groups excluding carboxylic acids is 1. The van der Waals surface area contributed by atoms with Crippen LogP contribution in [0.2, 0.25) is 0 Å². The van der Waals surface area contributed by atoms with E-state index in [1.165, 1.54) is 11.3 Å². The fourth-order valence-electron chi connectivity index (χ4n) is 3.53. The van der Waals surface area contributed by atoms with Crippen LogP contribution >= 0.6 is 11.3 Å². The Morgan fingerprint density at radius 2 is 1.78 bits per heavy atom. The van der Waals surface area contributed by atoms with Crippen molar-refractivity contribution in [1.82, 2.24) is 9.88 Å². The van der Waals surface area contributed by atoms with Gasteiger partial charge in [0.1, 0.15) is 17.3 Å². The molecule has 0 unspecified atom stereocenters. The van der Waals surface area contributed by atoms with E-state index in [9.17, 15) is 4.79 Å². The second-order valence-corrected chi connectivity index (χ2v) is 8.86. The number of amides is 1. The predicted octanol–water partition coefficient (Wildman–Crippen LogP) is 5.57. The van der Waals surface area contributed by atoms with Crippen LogP contribution in [0.4, 0.5) is 5.69 Å². The average molecular weight is 454 g/mol. The minimum Gasteiger partial charge on any atom is -0.493 e. The van der Waals surface area contributed by atoms with Gasteiger partial charge in [0.2, 0.25) is 0 Å². The molecule has 0 aliphatic rings. The lowest BCUT2D eigenvalue weighted by atomic mass is 10.2. The maximum Gasteiger partial charge on any atom is 0.275 e. The number of nitrogens with one attached hydrogen (secondary N) is 1. The zero-order chi connectivity index (χ0) is 23.1. The lowest BCUT2D eigenvalue weighted by molar-refractivity contribution is 0.102. The van der Waals surface area contributed by atoms with Crippen LogP contribution in [0, 0.1) is 0 Å². The van der Waals surface area contributed by atoms with Crippen molar-refractivity contribution in [2.75, 3.05) is 25.6 Å². The van der Waals surface area contributed by atoms with Crippen molar-refractivity contribution in [3.63, 3.8) is 0 Å². The summed E-state index contributed by atoms with van der Waals surface area (Å²) in [6.07, 6.45) is 0. The third kappa shape index (κ3) is 6.08. The summed E-state index contributed by atoms with van der Waals surface area (Å²) < 4.78 is 11.4. The smallest absolute Gasteiger partial charge is 0.275 e. The topological polar surface area (TPSA) is 63.7 Å². The van der Waals surface area contributed by atoms with Crippen LogP contribution in [0.5, 0.6) is 11.5 Å². The summed E-state index contributed by atoms with van der Waals surface area (Å²) in [5.74, 6) is 0.968. The molecule has 1 aromatic heterocycles. The predicted molar refractivity (Wildman–Crippen MR) is 131 cm³/mol. The standard InChI is InChI=1S/C25H31N3O3S/c1-17(2)28(18(3)4)13-14-31-23-15-20(11-12-22(23)30-5)26-24(29)21-16-32-25(27-21)19-9-7-6-8-10-19/h6-12,15-18H,13-14H2,1-5H3,(H,26,29). The molecule has 2 aromatic carbocycles. The Bertz CT molecular complexity index is 1010. The van der Waals surface area contributed by atoms with E-state index < -0.39 is 0 Å². The highest BCUT2D eigenvalue weighted by atomic mass is 32.1. The third-order valence-electron chi connectivity index (χ3n) is 5.11. The van der Waals surface area contributed by atoms with E-state index in [0.29, 0.717) is 41.6 Å². The number of carbonyl (C=O) groups is 1. The normalized spacial score (nSPS) is 11.2. The Kier molecular flexibility index (Phi) is 8.25. The minimum absolute atomic E-state index is 0.259. The molecule has 32 heavy (non-hydrogen) atoms. The first-order valence-corrected chi connectivity index (χ1v) is 11.7. The minimum atomic E-state index is -0.259. The van der Waals surface area contributed by atoms with E-state index in [2.05, 4.69) is 42.9 Å². The van der Waals surface area contributed by atoms with Gasteiger partial charge in [-0.3, -0.25) is 9.69 Å². The molecule has 1 N–H and O–H groups in total. The Hall–Kier alpha value is -2.90. The number of anilines is 1. The SMILES string of the molecule is COc1ccc(NC(=O)c2csc(-c3ccccc3)n2)cc1OCCN(C(C)C)C(C)C. The molecule has 0 saturated carbocycles. The van der Waals surface area contributed by atoms with Gasteiger partial charge in [-0.25, -0.2) is 4.98 Å². The van der Waals surface area contributed by atoms with Crippen molar-refractivity contribution in [3.8, 4) is 22.1 Å². The summed E-state index contributed by atoms with van der Waals surface area (Å²) in [4.78, 5) is 19.6. The van der Waals surface area contributed by atoms with E-state index in [4.69, 9.17) is 9.47 Å². The number of aromatic nitrogens is 1. The van der Waals surface area contributed by atoms with Gasteiger partial charge in [0.25, 0.3) is 5.91 Å². The summed E-state index contributed by atoms with van der Waals surface area (Å²) in [6.45, 7) is 10.0. The number of rotatable bonds is 10. The van der Waals surface area contributed by atoms with Crippen molar-refractivity contribution >= 4 is 22.9 Å². The number of thiazole rings is 1. The van der Waals surface area contributed by atoms with Gasteiger partial charge in [-0.1, -0.05) is 30.3 Å². The van der Waals surface area contributed by atoms with Crippen LogP contribution < -0.4 is 14.8 Å². The van der Waals surface area contributed by atoms with E-state index in [0.717, 1.165) is 17.1 Å². The molecule has 0 aliphatic carbocycles. The molecule has 1 amide bonds. The largest absolute Gasteiger partial charge is 0.493 e. The number of nitrogens with zero attached hydrogens (tertiary/aromatic N) is 2. The Balaban J connectivity index is 1.67. The second kappa shape index (κ2) is 11.1. The van der Waals surface area contributed by atoms with E-state index in [1.807, 2.05) is 30.3 Å². The first kappa shape index (κ1) is 23.8. The summed E-state index contributed by atoms with van der Waals surface area (Å²) >= 11 is 1.45. The number of methoxy groups -OCH3 is 1. The molecule has 3 rings (SSSR count). The van der Waals surface area contributed by atoms with Crippen molar-refractivity contribution in [3.05, 3.63) is 59.6 Å². The second-order valence-electron chi connectivity index (χ2n) is 8.00. The van der Waals surface area contributed by atoms with Crippen molar-refractivity contribution in [2.45, 2.75) is 39.8 Å². The Morgan fingerprint density at radius 1 is 1.06 bits per heavy atom. The van der Waals surface area contributed by atoms with Crippen molar-refractivity contribution in [2.24, 2.45) is 0 Å². The van der Waals surface area contributed by atoms with Crippen LogP contribution in [0.1, 0.15) is 38.2 Å². The molecule has 170 valence electrons. The molecule has 0 saturated heterocycles. The molecule has 0 radical (unpaired) electrons. The van der Waals surface area contributed by atoms with Gasteiger partial charge in [-0.2, -0.15) is 0 Å². The molecule has 1 heterocycles. The highest BCUT2D eigenvalue weighted by Gasteiger charge is 2.16. The number of benzene rings is 2. The van der Waals surface area contributed by atoms with Crippen LogP contribution in [0.25, 0.3) is 10.6 Å². The van der Waals surface area contributed by atoms with Crippen molar-refractivity contribution < 1.29 is 14.3 Å². The first-order valence-electron chi connectivity index (χ1n) is 10.8. The monoisotopic (exact) mass is 453 g/mol. The number of hydrogen-bond acceptors (Lipinski definition) is 6. The van der Waals surface area contributed by atoms with E-state index in [-0.39, 0.29) is 5.91 Å². The Morgan fingerprint density at radius 3 is 2.44 bits per heavy atom. The number of ether oxygens (including phenoxy) is 2. The van der Waals surface area contributed by atoms with Gasteiger partial charge < -0.3 is 14.8 Å².